The van der Waals surface area contributed by atoms with E-state index in [0.717, 1.165) is 5.56 Å². The van der Waals surface area contributed by atoms with Crippen molar-refractivity contribution in [3.63, 3.8) is 0 Å². The van der Waals surface area contributed by atoms with E-state index >= 15 is 0 Å². The summed E-state index contributed by atoms with van der Waals surface area (Å²) in [5, 5.41) is 7.35. The number of carbonyl (C=O) groups is 1. The van der Waals surface area contributed by atoms with Gasteiger partial charge in [0, 0.05) is 21.9 Å². The molecule has 0 bridgehead atoms. The molecule has 2 aromatic carbocycles. The third kappa shape index (κ3) is 3.35. The van der Waals surface area contributed by atoms with Crippen LogP contribution < -0.4 is 10.1 Å². The maximum absolute atomic E-state index is 13.3. The summed E-state index contributed by atoms with van der Waals surface area (Å²) < 4.78 is 31.8. The van der Waals surface area contributed by atoms with Crippen LogP contribution in [0.3, 0.4) is 0 Å². The predicted molar refractivity (Wildman–Crippen MR) is 100 cm³/mol. The lowest BCUT2D eigenvalue weighted by Gasteiger charge is -2.11. The van der Waals surface area contributed by atoms with E-state index in [9.17, 15) is 13.4 Å². The van der Waals surface area contributed by atoms with Gasteiger partial charge < -0.3 is 10.1 Å². The number of carbonyl (C=O) groups excluding carboxylic acids is 1. The number of fused-ring (bicyclic) bond motifs is 1. The lowest BCUT2D eigenvalue weighted by atomic mass is 10.2. The Balaban J connectivity index is 1.71. The molecule has 138 valence electrons. The number of rotatable bonds is 4. The zero-order chi connectivity index (χ0) is 19.0. The number of hydrogen-bond donors (Lipinski definition) is 1. The van der Waals surface area contributed by atoms with E-state index in [0.29, 0.717) is 40.0 Å². The van der Waals surface area contributed by atoms with E-state index in [1.165, 1.54) is 12.1 Å². The average molecular weight is 385 g/mol. The van der Waals surface area contributed by atoms with Crippen LogP contribution in [0.15, 0.2) is 48.5 Å². The highest BCUT2D eigenvalue weighted by molar-refractivity contribution is 7.83. The minimum atomic E-state index is -1.03. The lowest BCUT2D eigenvalue weighted by Crippen LogP contribution is -2.16. The van der Waals surface area contributed by atoms with Crippen molar-refractivity contribution in [1.29, 1.82) is 0 Å². The first kappa shape index (κ1) is 17.4. The van der Waals surface area contributed by atoms with Gasteiger partial charge in [-0.3, -0.25) is 9.00 Å². The van der Waals surface area contributed by atoms with Gasteiger partial charge in [-0.25, -0.2) is 9.07 Å². The van der Waals surface area contributed by atoms with Crippen LogP contribution in [0.1, 0.15) is 21.6 Å². The molecule has 1 atom stereocenters. The van der Waals surface area contributed by atoms with Gasteiger partial charge in [-0.05, 0) is 48.5 Å². The lowest BCUT2D eigenvalue weighted by molar-refractivity contribution is 0.102. The van der Waals surface area contributed by atoms with Crippen molar-refractivity contribution < 1.29 is 18.1 Å². The zero-order valence-electron chi connectivity index (χ0n) is 14.4. The Morgan fingerprint density at radius 2 is 1.85 bits per heavy atom. The quantitative estimate of drug-likeness (QED) is 0.749. The second kappa shape index (κ2) is 6.96. The van der Waals surface area contributed by atoms with E-state index in [2.05, 4.69) is 10.4 Å². The summed E-state index contributed by atoms with van der Waals surface area (Å²) in [5.74, 6) is 1.11. The number of halogens is 1. The molecule has 1 aromatic heterocycles. The van der Waals surface area contributed by atoms with Crippen LogP contribution in [0.2, 0.25) is 0 Å². The van der Waals surface area contributed by atoms with Crippen LogP contribution in [-0.2, 0) is 22.3 Å². The average Bonchev–Trinajstić information content (AvgIpc) is 3.19. The smallest absolute Gasteiger partial charge is 0.256 e. The Bertz CT molecular complexity index is 1030. The van der Waals surface area contributed by atoms with Gasteiger partial charge in [0.05, 0.1) is 30.0 Å². The third-order valence-electron chi connectivity index (χ3n) is 4.33. The zero-order valence-corrected chi connectivity index (χ0v) is 15.3. The van der Waals surface area contributed by atoms with Crippen LogP contribution in [0.4, 0.5) is 10.2 Å². The largest absolute Gasteiger partial charge is 0.497 e. The molecule has 0 radical (unpaired) electrons. The molecule has 1 N–H and O–H groups in total. The van der Waals surface area contributed by atoms with Crippen LogP contribution in [0, 0.1) is 5.82 Å². The highest BCUT2D eigenvalue weighted by atomic mass is 32.2. The Kier molecular flexibility index (Phi) is 4.49. The number of nitrogens with zero attached hydrogens (tertiary/aromatic N) is 2. The van der Waals surface area contributed by atoms with Crippen LogP contribution in [-0.4, -0.2) is 27.0 Å². The second-order valence-corrected chi connectivity index (χ2v) is 7.53. The summed E-state index contributed by atoms with van der Waals surface area (Å²) in [7, 11) is 0.521. The summed E-state index contributed by atoms with van der Waals surface area (Å²) in [4.78, 5) is 12.7. The molecule has 2 heterocycles. The Hall–Kier alpha value is -3.00. The monoisotopic (exact) mass is 385 g/mol. The number of ether oxygens (including phenoxy) is 1. The molecule has 1 aliphatic rings. The van der Waals surface area contributed by atoms with Gasteiger partial charge in [-0.15, -0.1) is 0 Å². The minimum Gasteiger partial charge on any atom is -0.497 e. The van der Waals surface area contributed by atoms with Crippen molar-refractivity contribution in [2.24, 2.45) is 0 Å². The highest BCUT2D eigenvalue weighted by Gasteiger charge is 2.28. The van der Waals surface area contributed by atoms with Gasteiger partial charge in [-0.1, -0.05) is 0 Å². The fourth-order valence-corrected chi connectivity index (χ4v) is 4.21. The van der Waals surface area contributed by atoms with Crippen molar-refractivity contribution in [3.8, 4) is 11.4 Å². The van der Waals surface area contributed by atoms with Gasteiger partial charge in [0.15, 0.2) is 0 Å². The van der Waals surface area contributed by atoms with E-state index in [1.807, 2.05) is 0 Å². The first-order chi connectivity index (χ1) is 13.0. The molecule has 0 fully saturated rings. The highest BCUT2D eigenvalue weighted by Crippen LogP contribution is 2.31. The molecule has 0 saturated heterocycles. The van der Waals surface area contributed by atoms with Crippen molar-refractivity contribution in [2.45, 2.75) is 11.5 Å². The van der Waals surface area contributed by atoms with Crippen LogP contribution >= 0.6 is 0 Å². The van der Waals surface area contributed by atoms with Crippen molar-refractivity contribution in [3.05, 3.63) is 71.2 Å². The number of nitrogens with one attached hydrogen (secondary N) is 1. The first-order valence-corrected chi connectivity index (χ1v) is 9.71. The number of benzene rings is 2. The molecule has 0 aliphatic carbocycles. The number of amides is 1. The van der Waals surface area contributed by atoms with Crippen molar-refractivity contribution >= 4 is 22.5 Å². The van der Waals surface area contributed by atoms with Gasteiger partial charge in [-0.2, -0.15) is 5.10 Å². The van der Waals surface area contributed by atoms with E-state index in [1.54, 1.807) is 48.2 Å². The van der Waals surface area contributed by atoms with Gasteiger partial charge in [0.1, 0.15) is 17.4 Å². The molecule has 27 heavy (non-hydrogen) atoms. The number of aromatic nitrogens is 2. The van der Waals surface area contributed by atoms with Gasteiger partial charge in [0.25, 0.3) is 5.91 Å². The SMILES string of the molecule is COc1ccc(C(=O)Nc2c3c(nn2-c2ccc(F)cc2)C[S@](=O)C3)cc1. The Morgan fingerprint density at radius 1 is 1.15 bits per heavy atom. The van der Waals surface area contributed by atoms with Gasteiger partial charge >= 0.3 is 0 Å². The maximum Gasteiger partial charge on any atom is 0.256 e. The molecule has 8 heteroatoms. The standard InChI is InChI=1S/C19H16FN3O3S/c1-26-15-8-2-12(3-9-15)19(24)21-18-16-10-27(25)11-17(16)22-23(18)14-6-4-13(20)5-7-14/h2-9H,10-11H2,1H3,(H,21,24)/t27-/m1/s1. The Labute approximate surface area is 157 Å². The summed E-state index contributed by atoms with van der Waals surface area (Å²) in [6.45, 7) is 0. The Morgan fingerprint density at radius 3 is 2.52 bits per heavy atom. The molecular formula is C19H16FN3O3S. The molecule has 4 rings (SSSR count). The van der Waals surface area contributed by atoms with Crippen LogP contribution in [0.5, 0.6) is 5.75 Å². The molecule has 0 saturated carbocycles. The van der Waals surface area contributed by atoms with Crippen molar-refractivity contribution in [1.82, 2.24) is 9.78 Å². The molecule has 3 aromatic rings. The third-order valence-corrected chi connectivity index (χ3v) is 5.53. The topological polar surface area (TPSA) is 73.2 Å². The number of hydrogen-bond acceptors (Lipinski definition) is 4. The summed E-state index contributed by atoms with van der Waals surface area (Å²) >= 11 is 0. The fourth-order valence-electron chi connectivity index (χ4n) is 2.95. The summed E-state index contributed by atoms with van der Waals surface area (Å²) in [6, 6.07) is 12.5. The molecular weight excluding hydrogens is 369 g/mol. The first-order valence-electron chi connectivity index (χ1n) is 8.22. The molecule has 6 nitrogen and oxygen atoms in total. The minimum absolute atomic E-state index is 0.318. The number of methoxy groups -OCH3 is 1. The van der Waals surface area contributed by atoms with Crippen LogP contribution in [0.25, 0.3) is 5.69 Å². The predicted octanol–water partition coefficient (Wildman–Crippen LogP) is 3.03. The van der Waals surface area contributed by atoms with E-state index in [-0.39, 0.29) is 11.7 Å². The molecule has 0 unspecified atom stereocenters. The van der Waals surface area contributed by atoms with Gasteiger partial charge in [0.2, 0.25) is 0 Å². The molecule has 1 amide bonds. The van der Waals surface area contributed by atoms with E-state index in [4.69, 9.17) is 4.74 Å². The molecule has 0 spiro atoms. The molecule has 1 aliphatic heterocycles. The summed E-state index contributed by atoms with van der Waals surface area (Å²) in [5.41, 5.74) is 2.50. The second-order valence-electron chi connectivity index (χ2n) is 6.07. The number of anilines is 1. The maximum atomic E-state index is 13.3. The fraction of sp³-hybridized carbons (Fsp3) is 0.158. The summed E-state index contributed by atoms with van der Waals surface area (Å²) in [6.07, 6.45) is 0. The normalized spacial score (nSPS) is 15.4. The van der Waals surface area contributed by atoms with Crippen molar-refractivity contribution in [2.75, 3.05) is 12.4 Å². The van der Waals surface area contributed by atoms with E-state index < -0.39 is 10.8 Å².